The summed E-state index contributed by atoms with van der Waals surface area (Å²) in [4.78, 5) is 2.22. The highest BCUT2D eigenvalue weighted by Gasteiger charge is 2.37. The van der Waals surface area contributed by atoms with Gasteiger partial charge in [-0.1, -0.05) is 11.6 Å². The lowest BCUT2D eigenvalue weighted by atomic mass is 9.88. The lowest BCUT2D eigenvalue weighted by Gasteiger charge is -2.36. The molecule has 0 bridgehead atoms. The minimum absolute atomic E-state index is 0.578. The highest BCUT2D eigenvalue weighted by atomic mass is 35.5. The molecule has 1 aliphatic rings. The van der Waals surface area contributed by atoms with Crippen LogP contribution in [0.5, 0.6) is 0 Å². The number of piperidine rings is 1. The van der Waals surface area contributed by atoms with Crippen molar-refractivity contribution in [3.63, 3.8) is 0 Å². The van der Waals surface area contributed by atoms with E-state index in [-0.39, 0.29) is 0 Å². The summed E-state index contributed by atoms with van der Waals surface area (Å²) < 4.78 is 1.80. The summed E-state index contributed by atoms with van der Waals surface area (Å²) in [5.74, 6) is 0. The number of nitrogens with zero attached hydrogens (tertiary/aromatic N) is 3. The Kier molecular flexibility index (Phi) is 3.24. The first-order valence-electron chi connectivity index (χ1n) is 5.69. The van der Waals surface area contributed by atoms with E-state index >= 15 is 0 Å². The van der Waals surface area contributed by atoms with E-state index in [9.17, 15) is 5.11 Å². The van der Waals surface area contributed by atoms with Crippen LogP contribution in [0.2, 0.25) is 5.02 Å². The predicted molar refractivity (Wildman–Crippen MR) is 63.5 cm³/mol. The standard InChI is InChI=1S/C11H18ClN3O/c1-3-15-10(9(12)8-13-15)11(16)4-6-14(2)7-5-11/h8,16H,3-7H2,1-2H3. The summed E-state index contributed by atoms with van der Waals surface area (Å²) in [7, 11) is 2.07. The molecule has 0 spiro atoms. The SMILES string of the molecule is CCn1ncc(Cl)c1C1(O)CCN(C)CC1. The number of likely N-dealkylation sites (tertiary alicyclic amines) is 1. The van der Waals surface area contributed by atoms with Gasteiger partial charge in [-0.2, -0.15) is 5.10 Å². The van der Waals surface area contributed by atoms with E-state index in [0.29, 0.717) is 5.02 Å². The van der Waals surface area contributed by atoms with Crippen molar-refractivity contribution in [3.8, 4) is 0 Å². The lowest BCUT2D eigenvalue weighted by Crippen LogP contribution is -2.42. The first kappa shape index (κ1) is 11.9. The summed E-state index contributed by atoms with van der Waals surface area (Å²) in [6.45, 7) is 4.52. The molecule has 1 aromatic rings. The number of aromatic nitrogens is 2. The number of hydrogen-bond donors (Lipinski definition) is 1. The number of hydrogen-bond acceptors (Lipinski definition) is 3. The minimum atomic E-state index is -0.809. The van der Waals surface area contributed by atoms with Crippen LogP contribution in [-0.4, -0.2) is 39.9 Å². The fourth-order valence-corrected chi connectivity index (χ4v) is 2.61. The predicted octanol–water partition coefficient (Wildman–Crippen LogP) is 1.47. The van der Waals surface area contributed by atoms with Crippen LogP contribution in [0.25, 0.3) is 0 Å². The summed E-state index contributed by atoms with van der Waals surface area (Å²) in [6, 6.07) is 0. The van der Waals surface area contributed by atoms with E-state index in [4.69, 9.17) is 11.6 Å². The topological polar surface area (TPSA) is 41.3 Å². The fourth-order valence-electron chi connectivity index (χ4n) is 2.29. The van der Waals surface area contributed by atoms with Gasteiger partial charge in [0.15, 0.2) is 0 Å². The molecule has 2 rings (SSSR count). The van der Waals surface area contributed by atoms with Crippen molar-refractivity contribution in [2.45, 2.75) is 31.9 Å². The van der Waals surface area contributed by atoms with Crippen molar-refractivity contribution in [1.29, 1.82) is 0 Å². The van der Waals surface area contributed by atoms with Crippen LogP contribution in [0, 0.1) is 0 Å². The van der Waals surface area contributed by atoms with E-state index in [2.05, 4.69) is 17.0 Å². The van der Waals surface area contributed by atoms with E-state index in [1.165, 1.54) is 0 Å². The van der Waals surface area contributed by atoms with E-state index in [1.54, 1.807) is 10.9 Å². The van der Waals surface area contributed by atoms with Gasteiger partial charge in [0.1, 0.15) is 5.60 Å². The number of rotatable bonds is 2. The Morgan fingerprint density at radius 2 is 2.12 bits per heavy atom. The van der Waals surface area contributed by atoms with Crippen LogP contribution in [-0.2, 0) is 12.1 Å². The van der Waals surface area contributed by atoms with Crippen molar-refractivity contribution in [2.24, 2.45) is 0 Å². The lowest BCUT2D eigenvalue weighted by molar-refractivity contribution is -0.0272. The molecule has 0 aromatic carbocycles. The summed E-state index contributed by atoms with van der Waals surface area (Å²) in [5, 5.41) is 15.4. The average Bonchev–Trinajstić information content (AvgIpc) is 2.65. The molecule has 1 N–H and O–H groups in total. The van der Waals surface area contributed by atoms with Gasteiger partial charge < -0.3 is 10.0 Å². The van der Waals surface area contributed by atoms with E-state index in [0.717, 1.165) is 38.2 Å². The Hall–Kier alpha value is -0.580. The zero-order valence-corrected chi connectivity index (χ0v) is 10.5. The number of aryl methyl sites for hydroxylation is 1. The Labute approximate surface area is 101 Å². The Bertz CT molecular complexity index is 369. The Morgan fingerprint density at radius 3 is 2.69 bits per heavy atom. The zero-order valence-electron chi connectivity index (χ0n) is 9.78. The van der Waals surface area contributed by atoms with Crippen LogP contribution in [0.1, 0.15) is 25.5 Å². The van der Waals surface area contributed by atoms with Crippen molar-refractivity contribution >= 4 is 11.6 Å². The average molecular weight is 244 g/mol. The molecule has 2 heterocycles. The molecule has 0 saturated carbocycles. The minimum Gasteiger partial charge on any atom is -0.383 e. The third kappa shape index (κ3) is 1.97. The molecular weight excluding hydrogens is 226 g/mol. The molecule has 0 unspecified atom stereocenters. The van der Waals surface area contributed by atoms with Gasteiger partial charge in [-0.25, -0.2) is 0 Å². The zero-order chi connectivity index (χ0) is 11.8. The summed E-state index contributed by atoms with van der Waals surface area (Å²) in [5.41, 5.74) is -0.0272. The van der Waals surface area contributed by atoms with Gasteiger partial charge >= 0.3 is 0 Å². The van der Waals surface area contributed by atoms with Crippen molar-refractivity contribution in [1.82, 2.24) is 14.7 Å². The quantitative estimate of drug-likeness (QED) is 0.855. The van der Waals surface area contributed by atoms with Crippen molar-refractivity contribution in [2.75, 3.05) is 20.1 Å². The highest BCUT2D eigenvalue weighted by molar-refractivity contribution is 6.31. The molecule has 90 valence electrons. The van der Waals surface area contributed by atoms with Crippen LogP contribution in [0.4, 0.5) is 0 Å². The van der Waals surface area contributed by atoms with Crippen molar-refractivity contribution < 1.29 is 5.11 Å². The smallest absolute Gasteiger partial charge is 0.110 e. The molecule has 0 atom stereocenters. The molecule has 1 aliphatic heterocycles. The Morgan fingerprint density at radius 1 is 1.50 bits per heavy atom. The normalized spacial score (nSPS) is 21.2. The molecular formula is C11H18ClN3O. The number of aliphatic hydroxyl groups is 1. The molecule has 0 aliphatic carbocycles. The van der Waals surface area contributed by atoms with Gasteiger partial charge in [0.05, 0.1) is 16.9 Å². The third-order valence-corrected chi connectivity index (χ3v) is 3.63. The second-order valence-corrected chi connectivity index (χ2v) is 4.90. The number of halogens is 1. The summed E-state index contributed by atoms with van der Waals surface area (Å²) >= 11 is 6.13. The molecule has 5 heteroatoms. The molecule has 0 radical (unpaired) electrons. The van der Waals surface area contributed by atoms with E-state index in [1.807, 2.05) is 6.92 Å². The fraction of sp³-hybridized carbons (Fsp3) is 0.727. The van der Waals surface area contributed by atoms with Gasteiger partial charge in [0, 0.05) is 19.6 Å². The van der Waals surface area contributed by atoms with Crippen LogP contribution in [0.15, 0.2) is 6.20 Å². The first-order chi connectivity index (χ1) is 7.57. The molecule has 4 nitrogen and oxygen atoms in total. The summed E-state index contributed by atoms with van der Waals surface area (Å²) in [6.07, 6.45) is 3.06. The van der Waals surface area contributed by atoms with Crippen LogP contribution < -0.4 is 0 Å². The molecule has 1 saturated heterocycles. The largest absolute Gasteiger partial charge is 0.383 e. The molecule has 1 fully saturated rings. The Balaban J connectivity index is 2.31. The second kappa shape index (κ2) is 4.35. The van der Waals surface area contributed by atoms with Crippen molar-refractivity contribution in [3.05, 3.63) is 16.9 Å². The van der Waals surface area contributed by atoms with Gasteiger partial charge in [0.25, 0.3) is 0 Å². The maximum absolute atomic E-state index is 10.7. The van der Waals surface area contributed by atoms with Crippen LogP contribution >= 0.6 is 11.6 Å². The van der Waals surface area contributed by atoms with Gasteiger partial charge in [0.2, 0.25) is 0 Å². The molecule has 0 amide bonds. The molecule has 16 heavy (non-hydrogen) atoms. The van der Waals surface area contributed by atoms with Gasteiger partial charge in [-0.05, 0) is 26.8 Å². The second-order valence-electron chi connectivity index (χ2n) is 4.49. The van der Waals surface area contributed by atoms with Crippen LogP contribution in [0.3, 0.4) is 0 Å². The first-order valence-corrected chi connectivity index (χ1v) is 6.07. The van der Waals surface area contributed by atoms with Gasteiger partial charge in [-0.3, -0.25) is 4.68 Å². The third-order valence-electron chi connectivity index (χ3n) is 3.35. The maximum atomic E-state index is 10.7. The van der Waals surface area contributed by atoms with E-state index < -0.39 is 5.60 Å². The van der Waals surface area contributed by atoms with Gasteiger partial charge in [-0.15, -0.1) is 0 Å². The molecule has 1 aromatic heterocycles. The highest BCUT2D eigenvalue weighted by Crippen LogP contribution is 2.36. The maximum Gasteiger partial charge on any atom is 0.110 e. The monoisotopic (exact) mass is 243 g/mol.